The molecule has 7 nitrogen and oxygen atoms in total. The largest absolute Gasteiger partial charge is 0.376 e. The van der Waals surface area contributed by atoms with Crippen molar-refractivity contribution in [3.63, 3.8) is 0 Å². The van der Waals surface area contributed by atoms with Gasteiger partial charge in [0.25, 0.3) is 5.91 Å². The second kappa shape index (κ2) is 8.21. The Kier molecular flexibility index (Phi) is 5.52. The first-order valence-corrected chi connectivity index (χ1v) is 9.44. The minimum atomic E-state index is -0.0993. The predicted molar refractivity (Wildman–Crippen MR) is 99.6 cm³/mol. The summed E-state index contributed by atoms with van der Waals surface area (Å²) in [6, 6.07) is 9.73. The van der Waals surface area contributed by atoms with Crippen LogP contribution in [-0.2, 0) is 9.47 Å². The minimum Gasteiger partial charge on any atom is -0.376 e. The Morgan fingerprint density at radius 2 is 1.93 bits per heavy atom. The summed E-state index contributed by atoms with van der Waals surface area (Å²) < 4.78 is 16.5. The Bertz CT molecular complexity index is 760. The summed E-state index contributed by atoms with van der Waals surface area (Å²) >= 11 is 0. The van der Waals surface area contributed by atoms with Crippen LogP contribution < -0.4 is 0 Å². The highest BCUT2D eigenvalue weighted by molar-refractivity contribution is 5.92. The van der Waals surface area contributed by atoms with Crippen molar-refractivity contribution in [3.05, 3.63) is 41.7 Å². The molecular formula is C20H25N3O4. The molecule has 3 heterocycles. The van der Waals surface area contributed by atoms with Gasteiger partial charge in [-0.15, -0.1) is 0 Å². The standard InChI is InChI=1S/C20H25N3O4/c1-15-2-4-16(5-3-15)18-12-19(27-21-18)20(24)23-8-6-22(7-9-23)13-17-14-25-10-11-26-17/h2-5,12,17H,6-11,13-14H2,1H3/t17-/m0/s1. The molecule has 0 N–H and O–H groups in total. The van der Waals surface area contributed by atoms with E-state index in [0.29, 0.717) is 44.4 Å². The van der Waals surface area contributed by atoms with Gasteiger partial charge in [0.15, 0.2) is 0 Å². The Morgan fingerprint density at radius 1 is 1.15 bits per heavy atom. The number of aromatic nitrogens is 1. The number of carbonyl (C=O) groups excluding carboxylic acids is 1. The molecule has 0 aliphatic carbocycles. The molecule has 144 valence electrons. The van der Waals surface area contributed by atoms with Gasteiger partial charge < -0.3 is 18.9 Å². The fourth-order valence-corrected chi connectivity index (χ4v) is 3.46. The average molecular weight is 371 g/mol. The molecule has 2 saturated heterocycles. The quantitative estimate of drug-likeness (QED) is 0.817. The van der Waals surface area contributed by atoms with Crippen molar-refractivity contribution < 1.29 is 18.8 Å². The summed E-state index contributed by atoms with van der Waals surface area (Å²) in [5, 5.41) is 4.06. The molecule has 0 unspecified atom stereocenters. The highest BCUT2D eigenvalue weighted by Gasteiger charge is 2.27. The third kappa shape index (κ3) is 4.37. The Balaban J connectivity index is 1.32. The van der Waals surface area contributed by atoms with E-state index in [0.717, 1.165) is 25.2 Å². The molecule has 2 aromatic rings. The minimum absolute atomic E-state index is 0.0993. The van der Waals surface area contributed by atoms with E-state index in [1.807, 2.05) is 36.1 Å². The number of nitrogens with zero attached hydrogens (tertiary/aromatic N) is 3. The molecule has 0 spiro atoms. The molecule has 2 aliphatic rings. The van der Waals surface area contributed by atoms with Crippen LogP contribution in [0.15, 0.2) is 34.9 Å². The van der Waals surface area contributed by atoms with Crippen LogP contribution in [0.1, 0.15) is 16.1 Å². The lowest BCUT2D eigenvalue weighted by Gasteiger charge is -2.36. The fourth-order valence-electron chi connectivity index (χ4n) is 3.46. The van der Waals surface area contributed by atoms with E-state index in [9.17, 15) is 4.79 Å². The topological polar surface area (TPSA) is 68.0 Å². The van der Waals surface area contributed by atoms with Crippen molar-refractivity contribution in [2.45, 2.75) is 13.0 Å². The lowest BCUT2D eigenvalue weighted by atomic mass is 10.1. The van der Waals surface area contributed by atoms with Crippen molar-refractivity contribution >= 4 is 5.91 Å². The summed E-state index contributed by atoms with van der Waals surface area (Å²) in [5.41, 5.74) is 2.82. The van der Waals surface area contributed by atoms with Gasteiger partial charge in [0.1, 0.15) is 5.69 Å². The highest BCUT2D eigenvalue weighted by Crippen LogP contribution is 2.21. The maximum absolute atomic E-state index is 12.7. The van der Waals surface area contributed by atoms with E-state index in [1.165, 1.54) is 5.56 Å². The van der Waals surface area contributed by atoms with E-state index in [4.69, 9.17) is 14.0 Å². The van der Waals surface area contributed by atoms with Crippen molar-refractivity contribution in [3.8, 4) is 11.3 Å². The summed E-state index contributed by atoms with van der Waals surface area (Å²) in [5.74, 6) is 0.195. The van der Waals surface area contributed by atoms with Crippen LogP contribution in [0.4, 0.5) is 0 Å². The van der Waals surface area contributed by atoms with Crippen LogP contribution >= 0.6 is 0 Å². The maximum atomic E-state index is 12.7. The van der Waals surface area contributed by atoms with E-state index >= 15 is 0 Å². The molecule has 0 bridgehead atoms. The highest BCUT2D eigenvalue weighted by atomic mass is 16.6. The van der Waals surface area contributed by atoms with Crippen molar-refractivity contribution in [1.82, 2.24) is 15.0 Å². The molecule has 4 rings (SSSR count). The van der Waals surface area contributed by atoms with Gasteiger partial charge in [-0.2, -0.15) is 0 Å². The van der Waals surface area contributed by atoms with E-state index in [1.54, 1.807) is 6.07 Å². The normalized spacial score (nSPS) is 21.4. The monoisotopic (exact) mass is 371 g/mol. The zero-order valence-corrected chi connectivity index (χ0v) is 15.6. The van der Waals surface area contributed by atoms with Gasteiger partial charge in [0, 0.05) is 44.4 Å². The average Bonchev–Trinajstić information content (AvgIpc) is 3.20. The van der Waals surface area contributed by atoms with Crippen LogP contribution in [0.25, 0.3) is 11.3 Å². The van der Waals surface area contributed by atoms with Gasteiger partial charge in [0.2, 0.25) is 5.76 Å². The number of hydrogen-bond acceptors (Lipinski definition) is 6. The second-order valence-corrected chi connectivity index (χ2v) is 7.10. The Labute approximate surface area is 158 Å². The zero-order valence-electron chi connectivity index (χ0n) is 15.6. The van der Waals surface area contributed by atoms with Crippen LogP contribution in [0.2, 0.25) is 0 Å². The van der Waals surface area contributed by atoms with E-state index < -0.39 is 0 Å². The van der Waals surface area contributed by atoms with Crippen LogP contribution in [-0.4, -0.2) is 79.5 Å². The van der Waals surface area contributed by atoms with E-state index in [-0.39, 0.29) is 12.0 Å². The Hall–Kier alpha value is -2.22. The molecule has 2 fully saturated rings. The SMILES string of the molecule is Cc1ccc(-c2cc(C(=O)N3CCN(C[C@H]4COCCO4)CC3)on2)cc1. The zero-order chi connectivity index (χ0) is 18.6. The molecular weight excluding hydrogens is 346 g/mol. The van der Waals surface area contributed by atoms with Gasteiger partial charge >= 0.3 is 0 Å². The van der Waals surface area contributed by atoms with Gasteiger partial charge in [-0.25, -0.2) is 0 Å². The van der Waals surface area contributed by atoms with Gasteiger partial charge in [-0.1, -0.05) is 35.0 Å². The van der Waals surface area contributed by atoms with Crippen LogP contribution in [0.5, 0.6) is 0 Å². The number of hydrogen-bond donors (Lipinski definition) is 0. The van der Waals surface area contributed by atoms with Crippen molar-refractivity contribution in [2.75, 3.05) is 52.5 Å². The molecule has 27 heavy (non-hydrogen) atoms. The van der Waals surface area contributed by atoms with Crippen molar-refractivity contribution in [1.29, 1.82) is 0 Å². The second-order valence-electron chi connectivity index (χ2n) is 7.10. The number of carbonyl (C=O) groups is 1. The fraction of sp³-hybridized carbons (Fsp3) is 0.500. The number of amides is 1. The number of piperazine rings is 1. The first-order chi connectivity index (χ1) is 13.2. The summed E-state index contributed by atoms with van der Waals surface area (Å²) in [6.07, 6.45) is 0.132. The Morgan fingerprint density at radius 3 is 2.63 bits per heavy atom. The third-order valence-electron chi connectivity index (χ3n) is 5.07. The molecule has 0 radical (unpaired) electrons. The van der Waals surface area contributed by atoms with Gasteiger partial charge in [-0.05, 0) is 6.92 Å². The first-order valence-electron chi connectivity index (χ1n) is 9.44. The molecule has 1 aromatic heterocycles. The molecule has 2 aliphatic heterocycles. The lowest BCUT2D eigenvalue weighted by Crippen LogP contribution is -2.51. The van der Waals surface area contributed by atoms with E-state index in [2.05, 4.69) is 10.1 Å². The molecule has 1 amide bonds. The third-order valence-corrected chi connectivity index (χ3v) is 5.07. The summed E-state index contributed by atoms with van der Waals surface area (Å²) in [7, 11) is 0. The number of benzene rings is 1. The number of rotatable bonds is 4. The molecule has 1 atom stereocenters. The summed E-state index contributed by atoms with van der Waals surface area (Å²) in [4.78, 5) is 16.9. The van der Waals surface area contributed by atoms with Crippen molar-refractivity contribution in [2.24, 2.45) is 0 Å². The van der Waals surface area contributed by atoms with Gasteiger partial charge in [0.05, 0.1) is 25.9 Å². The maximum Gasteiger partial charge on any atom is 0.292 e. The number of aryl methyl sites for hydroxylation is 1. The molecule has 0 saturated carbocycles. The number of ether oxygens (including phenoxy) is 2. The molecule has 1 aromatic carbocycles. The van der Waals surface area contributed by atoms with Crippen LogP contribution in [0, 0.1) is 6.92 Å². The summed E-state index contributed by atoms with van der Waals surface area (Å²) in [6.45, 7) is 7.88. The lowest BCUT2D eigenvalue weighted by molar-refractivity contribution is -0.0994. The first kappa shape index (κ1) is 18.2. The van der Waals surface area contributed by atoms with Gasteiger partial charge in [-0.3, -0.25) is 9.69 Å². The van der Waals surface area contributed by atoms with Crippen LogP contribution in [0.3, 0.4) is 0 Å². The molecule has 7 heteroatoms. The predicted octanol–water partition coefficient (Wildman–Crippen LogP) is 1.82. The smallest absolute Gasteiger partial charge is 0.292 e.